The fourth-order valence-electron chi connectivity index (χ4n) is 9.38. The summed E-state index contributed by atoms with van der Waals surface area (Å²) in [7, 11) is 0. The van der Waals surface area contributed by atoms with Gasteiger partial charge in [0.05, 0.1) is 25.4 Å². The summed E-state index contributed by atoms with van der Waals surface area (Å²) in [4.78, 5) is 13.0. The average molecular weight is 989 g/mol. The van der Waals surface area contributed by atoms with Crippen molar-refractivity contribution in [2.24, 2.45) is 0 Å². The van der Waals surface area contributed by atoms with Crippen LogP contribution >= 0.6 is 0 Å². The topological polar surface area (TPSA) is 149 Å². The molecule has 0 aromatic heterocycles. The van der Waals surface area contributed by atoms with Crippen molar-refractivity contribution in [1.29, 1.82) is 0 Å². The Hall–Kier alpha value is -1.85. The van der Waals surface area contributed by atoms with Crippen molar-refractivity contribution in [3.63, 3.8) is 0 Å². The molecule has 9 nitrogen and oxygen atoms in total. The summed E-state index contributed by atoms with van der Waals surface area (Å²) in [6.45, 7) is 3.76. The van der Waals surface area contributed by atoms with E-state index in [-0.39, 0.29) is 12.5 Å². The van der Waals surface area contributed by atoms with Crippen molar-refractivity contribution in [2.45, 2.75) is 320 Å². The molecule has 1 aliphatic rings. The van der Waals surface area contributed by atoms with E-state index >= 15 is 0 Å². The van der Waals surface area contributed by atoms with Gasteiger partial charge in [-0.2, -0.15) is 0 Å². The lowest BCUT2D eigenvalue weighted by Crippen LogP contribution is -2.60. The molecule has 9 heteroatoms. The Morgan fingerprint density at radius 1 is 0.486 bits per heavy atom. The highest BCUT2D eigenvalue weighted by atomic mass is 16.7. The van der Waals surface area contributed by atoms with Crippen LogP contribution in [-0.2, 0) is 14.3 Å². The first-order chi connectivity index (χ1) is 34.3. The average Bonchev–Trinajstić information content (AvgIpc) is 3.36. The summed E-state index contributed by atoms with van der Waals surface area (Å²) in [6.07, 6.45) is 60.6. The third kappa shape index (κ3) is 39.7. The molecule has 0 bridgehead atoms. The van der Waals surface area contributed by atoms with E-state index in [0.717, 1.165) is 64.2 Å². The lowest BCUT2D eigenvalue weighted by Gasteiger charge is -2.40. The predicted molar refractivity (Wildman–Crippen MR) is 295 cm³/mol. The van der Waals surface area contributed by atoms with Crippen molar-refractivity contribution in [3.8, 4) is 0 Å². The van der Waals surface area contributed by atoms with E-state index < -0.39 is 49.5 Å². The highest BCUT2D eigenvalue weighted by Gasteiger charge is 2.44. The Balaban J connectivity index is 2.19. The van der Waals surface area contributed by atoms with E-state index in [4.69, 9.17) is 9.47 Å². The van der Waals surface area contributed by atoms with Crippen molar-refractivity contribution in [1.82, 2.24) is 5.32 Å². The van der Waals surface area contributed by atoms with Crippen molar-refractivity contribution in [3.05, 3.63) is 48.6 Å². The number of aliphatic hydroxyl groups is 5. The van der Waals surface area contributed by atoms with Gasteiger partial charge in [0.1, 0.15) is 24.4 Å². The number of amides is 1. The van der Waals surface area contributed by atoms with E-state index in [2.05, 4.69) is 55.6 Å². The van der Waals surface area contributed by atoms with Gasteiger partial charge in [0, 0.05) is 6.42 Å². The second-order valence-electron chi connectivity index (χ2n) is 20.8. The van der Waals surface area contributed by atoms with Crippen molar-refractivity contribution in [2.75, 3.05) is 13.2 Å². The molecule has 7 atom stereocenters. The number of unbranched alkanes of at least 4 members (excludes halogenated alkanes) is 35. The van der Waals surface area contributed by atoms with E-state index in [9.17, 15) is 30.3 Å². The largest absolute Gasteiger partial charge is 0.394 e. The van der Waals surface area contributed by atoms with Gasteiger partial charge in [0.25, 0.3) is 0 Å². The minimum Gasteiger partial charge on any atom is -0.394 e. The Labute approximate surface area is 431 Å². The lowest BCUT2D eigenvalue weighted by atomic mass is 9.99. The number of ether oxygens (including phenoxy) is 2. The van der Waals surface area contributed by atoms with Crippen LogP contribution in [0.4, 0.5) is 0 Å². The van der Waals surface area contributed by atoms with Crippen LogP contribution in [0.25, 0.3) is 0 Å². The summed E-state index contributed by atoms with van der Waals surface area (Å²) in [5.41, 5.74) is 0. The number of carbonyl (C=O) groups is 1. The Morgan fingerprint density at radius 3 is 1.30 bits per heavy atom. The fraction of sp³-hybridized carbons (Fsp3) is 0.852. The first-order valence-electron chi connectivity index (χ1n) is 29.9. The molecule has 1 aliphatic heterocycles. The van der Waals surface area contributed by atoms with Gasteiger partial charge >= 0.3 is 0 Å². The second-order valence-corrected chi connectivity index (χ2v) is 20.8. The first-order valence-corrected chi connectivity index (χ1v) is 29.9. The van der Waals surface area contributed by atoms with Gasteiger partial charge in [-0.15, -0.1) is 0 Å². The normalized spacial score (nSPS) is 19.7. The van der Waals surface area contributed by atoms with Crippen molar-refractivity contribution >= 4 is 5.91 Å². The van der Waals surface area contributed by atoms with E-state index in [1.165, 1.54) is 193 Å². The maximum absolute atomic E-state index is 13.0. The van der Waals surface area contributed by atoms with Gasteiger partial charge in [-0.3, -0.25) is 4.79 Å². The molecule has 70 heavy (non-hydrogen) atoms. The molecule has 1 fully saturated rings. The smallest absolute Gasteiger partial charge is 0.220 e. The minimum atomic E-state index is -1.58. The Kier molecular flexibility index (Phi) is 47.9. The van der Waals surface area contributed by atoms with Crippen LogP contribution in [-0.4, -0.2) is 87.5 Å². The van der Waals surface area contributed by atoms with Crippen LogP contribution in [0, 0.1) is 0 Å². The second kappa shape index (κ2) is 50.7. The predicted octanol–water partition coefficient (Wildman–Crippen LogP) is 14.9. The first kappa shape index (κ1) is 66.2. The Bertz CT molecular complexity index is 1240. The van der Waals surface area contributed by atoms with Crippen molar-refractivity contribution < 1.29 is 39.8 Å². The third-order valence-electron chi connectivity index (χ3n) is 14.1. The highest BCUT2D eigenvalue weighted by Crippen LogP contribution is 2.23. The molecular weight excluding hydrogens is 875 g/mol. The molecule has 0 aliphatic carbocycles. The number of hydrogen-bond acceptors (Lipinski definition) is 8. The molecule has 0 saturated carbocycles. The zero-order valence-corrected chi connectivity index (χ0v) is 45.5. The van der Waals surface area contributed by atoms with E-state index in [0.29, 0.717) is 6.42 Å². The zero-order valence-electron chi connectivity index (χ0n) is 45.5. The molecule has 6 N–H and O–H groups in total. The van der Waals surface area contributed by atoms with E-state index in [1.54, 1.807) is 6.08 Å². The highest BCUT2D eigenvalue weighted by molar-refractivity contribution is 5.76. The van der Waals surface area contributed by atoms with E-state index in [1.807, 2.05) is 6.08 Å². The van der Waals surface area contributed by atoms with Gasteiger partial charge in [0.15, 0.2) is 6.29 Å². The monoisotopic (exact) mass is 988 g/mol. The molecule has 410 valence electrons. The van der Waals surface area contributed by atoms with Gasteiger partial charge in [-0.25, -0.2) is 0 Å². The molecule has 1 saturated heterocycles. The summed E-state index contributed by atoms with van der Waals surface area (Å²) in [5.74, 6) is -0.199. The molecule has 1 rings (SSSR count). The number of allylic oxidation sites excluding steroid dienone is 7. The molecule has 0 radical (unpaired) electrons. The quantitative estimate of drug-likeness (QED) is 0.0261. The van der Waals surface area contributed by atoms with Gasteiger partial charge in [-0.1, -0.05) is 255 Å². The van der Waals surface area contributed by atoms with Gasteiger partial charge < -0.3 is 40.3 Å². The number of aliphatic hydroxyl groups excluding tert-OH is 5. The molecular formula is C61H113NO8. The molecule has 0 spiro atoms. The number of nitrogens with one attached hydrogen (secondary N) is 1. The van der Waals surface area contributed by atoms with Crippen LogP contribution in [0.15, 0.2) is 48.6 Å². The minimum absolute atomic E-state index is 0.199. The molecule has 7 unspecified atom stereocenters. The van der Waals surface area contributed by atoms with Crippen LogP contribution in [0.1, 0.15) is 277 Å². The van der Waals surface area contributed by atoms with Crippen LogP contribution < -0.4 is 5.32 Å². The summed E-state index contributed by atoms with van der Waals surface area (Å²) in [6, 6.07) is -0.831. The van der Waals surface area contributed by atoms with Crippen LogP contribution in [0.5, 0.6) is 0 Å². The number of rotatable bonds is 51. The maximum atomic E-state index is 13.0. The summed E-state index contributed by atoms with van der Waals surface area (Å²) in [5, 5.41) is 54.5. The lowest BCUT2D eigenvalue weighted by molar-refractivity contribution is -0.302. The molecule has 0 aromatic carbocycles. The fourth-order valence-corrected chi connectivity index (χ4v) is 9.38. The SMILES string of the molecule is CCCCCC/C=C\C/C=C\CCCCCCCC(=O)NC(COC1OC(CO)C(O)C(O)C1O)C(O)/C=C/CC/C=C/CCCCCCCCCCCCCCCCCCCCCCCCCCC. The number of carbonyl (C=O) groups excluding carboxylic acids is 1. The zero-order chi connectivity index (χ0) is 50.8. The van der Waals surface area contributed by atoms with Crippen LogP contribution in [0.3, 0.4) is 0 Å². The number of hydrogen-bond donors (Lipinski definition) is 6. The molecule has 0 aromatic rings. The summed E-state index contributed by atoms with van der Waals surface area (Å²) >= 11 is 0. The summed E-state index contributed by atoms with van der Waals surface area (Å²) < 4.78 is 11.2. The van der Waals surface area contributed by atoms with Gasteiger partial charge in [0.2, 0.25) is 5.91 Å². The maximum Gasteiger partial charge on any atom is 0.220 e. The third-order valence-corrected chi connectivity index (χ3v) is 14.1. The van der Waals surface area contributed by atoms with Crippen LogP contribution in [0.2, 0.25) is 0 Å². The van der Waals surface area contributed by atoms with Gasteiger partial charge in [-0.05, 0) is 64.2 Å². The standard InChI is InChI=1S/C61H113NO8/c1-3-5-7-9-11-13-15-17-19-21-22-23-24-25-26-27-28-29-30-31-32-33-34-35-36-38-40-42-44-46-48-50-55(64)54(53-69-61-60(68)59(67)58(66)56(52-63)70-61)62-57(65)51-49-47-45-43-41-39-37-20-18-16-14-12-10-8-6-4-2/h14,16,20,37,40,42,48,50,54-56,58-61,63-64,66-68H,3-13,15,17-19,21-36,38-39,41,43-47,49,51-53H2,1-2H3,(H,62,65)/b16-14-,37-20-,42-40+,50-48+. The Morgan fingerprint density at radius 2 is 0.857 bits per heavy atom. The molecule has 1 amide bonds. The molecule has 1 heterocycles.